The van der Waals surface area contributed by atoms with Crippen molar-refractivity contribution in [1.29, 1.82) is 0 Å². The van der Waals surface area contributed by atoms with Gasteiger partial charge in [0.25, 0.3) is 5.91 Å². The van der Waals surface area contributed by atoms with Crippen LogP contribution in [0.4, 0.5) is 0 Å². The van der Waals surface area contributed by atoms with E-state index in [0.717, 1.165) is 16.5 Å². The van der Waals surface area contributed by atoms with Gasteiger partial charge in [-0.2, -0.15) is 0 Å². The Bertz CT molecular complexity index is 1120. The number of hydrogen-bond donors (Lipinski definition) is 2. The summed E-state index contributed by atoms with van der Waals surface area (Å²) in [6, 6.07) is 14.9. The minimum atomic E-state index is -0.959. The number of amides is 1. The number of methoxy groups -OCH3 is 1. The molecule has 0 aliphatic carbocycles. The van der Waals surface area contributed by atoms with Crippen molar-refractivity contribution in [2.24, 2.45) is 0 Å². The number of carbonyl (C=O) groups is 2. The van der Waals surface area contributed by atoms with Gasteiger partial charge in [0.05, 0.1) is 7.11 Å². The van der Waals surface area contributed by atoms with E-state index in [1.54, 1.807) is 25.2 Å². The lowest BCUT2D eigenvalue weighted by atomic mass is 10.1. The molecular weight excluding hydrogens is 392 g/mol. The number of H-pyrrole nitrogens is 1. The summed E-state index contributed by atoms with van der Waals surface area (Å²) < 4.78 is 4.60. The van der Waals surface area contributed by atoms with Gasteiger partial charge in [-0.15, -0.1) is 0 Å². The summed E-state index contributed by atoms with van der Waals surface area (Å²) in [5.74, 6) is 5.50. The molecule has 0 radical (unpaired) electrons. The van der Waals surface area contributed by atoms with Crippen molar-refractivity contribution in [3.63, 3.8) is 0 Å². The van der Waals surface area contributed by atoms with E-state index in [9.17, 15) is 14.7 Å². The van der Waals surface area contributed by atoms with E-state index in [-0.39, 0.29) is 11.9 Å². The first-order valence-electron chi connectivity index (χ1n) is 10.2. The highest BCUT2D eigenvalue weighted by molar-refractivity contribution is 5.94. The van der Waals surface area contributed by atoms with Gasteiger partial charge in [0.1, 0.15) is 6.23 Å². The summed E-state index contributed by atoms with van der Waals surface area (Å²) in [4.78, 5) is 28.5. The number of esters is 1. The Morgan fingerprint density at radius 2 is 2.00 bits per heavy atom. The van der Waals surface area contributed by atoms with Crippen LogP contribution in [0.15, 0.2) is 54.7 Å². The molecule has 160 valence electrons. The van der Waals surface area contributed by atoms with E-state index in [2.05, 4.69) is 21.6 Å². The number of aliphatic hydroxyl groups excluding tert-OH is 1. The van der Waals surface area contributed by atoms with Crippen LogP contribution >= 0.6 is 0 Å². The fourth-order valence-corrected chi connectivity index (χ4v) is 3.29. The Kier molecular flexibility index (Phi) is 7.47. The number of fused-ring (bicyclic) bond motifs is 1. The number of aromatic nitrogens is 1. The van der Waals surface area contributed by atoms with Crippen LogP contribution in [0.1, 0.15) is 40.7 Å². The largest absolute Gasteiger partial charge is 0.469 e. The van der Waals surface area contributed by atoms with Gasteiger partial charge in [0.2, 0.25) is 0 Å². The van der Waals surface area contributed by atoms with Crippen LogP contribution in [0, 0.1) is 11.8 Å². The molecular formula is C25H26N2O4. The van der Waals surface area contributed by atoms with Crippen molar-refractivity contribution < 1.29 is 19.4 Å². The molecule has 2 aromatic carbocycles. The van der Waals surface area contributed by atoms with Crippen molar-refractivity contribution >= 4 is 22.8 Å². The van der Waals surface area contributed by atoms with Gasteiger partial charge in [-0.25, -0.2) is 0 Å². The minimum absolute atomic E-state index is 0.247. The monoisotopic (exact) mass is 418 g/mol. The molecule has 0 saturated carbocycles. The highest BCUT2D eigenvalue weighted by Gasteiger charge is 2.20. The third-order valence-corrected chi connectivity index (χ3v) is 5.10. The summed E-state index contributed by atoms with van der Waals surface area (Å²) in [7, 11) is 2.96. The van der Waals surface area contributed by atoms with Gasteiger partial charge in [-0.05, 0) is 36.2 Å². The van der Waals surface area contributed by atoms with Crippen LogP contribution in [0.5, 0.6) is 0 Å². The van der Waals surface area contributed by atoms with Gasteiger partial charge in [-0.3, -0.25) is 9.59 Å². The second-order valence-electron chi connectivity index (χ2n) is 7.27. The van der Waals surface area contributed by atoms with Crippen LogP contribution in [0.3, 0.4) is 0 Å². The SMILES string of the molecule is COC(=O)CCCC#Cc1cccc(C(=O)N(C)[C@H](O)Cc2c[nH]c3ccccc23)c1. The van der Waals surface area contributed by atoms with Crippen LogP contribution in [0.25, 0.3) is 10.9 Å². The number of benzene rings is 2. The summed E-state index contributed by atoms with van der Waals surface area (Å²) >= 11 is 0. The quantitative estimate of drug-likeness (QED) is 0.266. The normalized spacial score (nSPS) is 11.5. The molecule has 6 nitrogen and oxygen atoms in total. The third kappa shape index (κ3) is 5.74. The van der Waals surface area contributed by atoms with E-state index >= 15 is 0 Å². The molecule has 0 fully saturated rings. The first-order valence-corrected chi connectivity index (χ1v) is 10.2. The summed E-state index contributed by atoms with van der Waals surface area (Å²) in [5, 5.41) is 11.7. The maximum Gasteiger partial charge on any atom is 0.305 e. The Balaban J connectivity index is 1.62. The number of para-hydroxylation sites is 1. The van der Waals surface area contributed by atoms with Crippen LogP contribution in [0.2, 0.25) is 0 Å². The number of likely N-dealkylation sites (N-methyl/N-ethyl adjacent to an activating group) is 1. The molecule has 1 atom stereocenters. The van der Waals surface area contributed by atoms with E-state index in [0.29, 0.717) is 36.8 Å². The molecule has 31 heavy (non-hydrogen) atoms. The minimum Gasteiger partial charge on any atom is -0.469 e. The van der Waals surface area contributed by atoms with E-state index < -0.39 is 6.23 Å². The standard InChI is InChI=1S/C25H26N2O4/c1-27(23(28)16-20-17-26-22-13-7-6-12-21(20)22)25(30)19-11-8-10-18(15-19)9-4-3-5-14-24(29)31-2/h6-8,10-13,15,17,23,26,28H,3,5,14,16H2,1-2H3/t23-/m1/s1. The molecule has 1 amide bonds. The predicted molar refractivity (Wildman–Crippen MR) is 119 cm³/mol. The molecule has 0 unspecified atom stereocenters. The van der Waals surface area contributed by atoms with Crippen molar-refractivity contribution in [3.05, 3.63) is 71.4 Å². The fourth-order valence-electron chi connectivity index (χ4n) is 3.29. The molecule has 0 aliphatic heterocycles. The Labute approximate surface area is 181 Å². The number of nitrogens with one attached hydrogen (secondary N) is 1. The van der Waals surface area contributed by atoms with Gasteiger partial charge < -0.3 is 19.7 Å². The zero-order valence-electron chi connectivity index (χ0n) is 17.7. The maximum absolute atomic E-state index is 12.9. The molecule has 0 spiro atoms. The molecule has 2 N–H and O–H groups in total. The summed E-state index contributed by atoms with van der Waals surface area (Å²) in [5.41, 5.74) is 3.12. The zero-order chi connectivity index (χ0) is 22.2. The molecule has 6 heteroatoms. The van der Waals surface area contributed by atoms with E-state index in [1.165, 1.54) is 12.0 Å². The van der Waals surface area contributed by atoms with Crippen molar-refractivity contribution in [1.82, 2.24) is 9.88 Å². The fraction of sp³-hybridized carbons (Fsp3) is 0.280. The van der Waals surface area contributed by atoms with Crippen molar-refractivity contribution in [2.75, 3.05) is 14.2 Å². The first-order chi connectivity index (χ1) is 15.0. The zero-order valence-corrected chi connectivity index (χ0v) is 17.7. The molecule has 1 aromatic heterocycles. The topological polar surface area (TPSA) is 82.6 Å². The Morgan fingerprint density at radius 3 is 2.81 bits per heavy atom. The van der Waals surface area contributed by atoms with Gasteiger partial charge in [0.15, 0.2) is 0 Å². The molecule has 3 aromatic rings. The molecule has 0 saturated heterocycles. The number of ether oxygens (including phenoxy) is 1. The van der Waals surface area contributed by atoms with Gasteiger partial charge in [0, 0.05) is 54.5 Å². The van der Waals surface area contributed by atoms with E-state index in [1.807, 2.05) is 36.5 Å². The van der Waals surface area contributed by atoms with Crippen LogP contribution < -0.4 is 0 Å². The number of unbranched alkanes of at least 4 members (excludes halogenated alkanes) is 1. The Morgan fingerprint density at radius 1 is 1.19 bits per heavy atom. The van der Waals surface area contributed by atoms with Gasteiger partial charge >= 0.3 is 5.97 Å². The highest BCUT2D eigenvalue weighted by Crippen LogP contribution is 2.20. The lowest BCUT2D eigenvalue weighted by Crippen LogP contribution is -2.38. The molecule has 3 rings (SSSR count). The number of hydrogen-bond acceptors (Lipinski definition) is 4. The molecule has 0 aliphatic rings. The lowest BCUT2D eigenvalue weighted by molar-refractivity contribution is -0.140. The second-order valence-corrected chi connectivity index (χ2v) is 7.27. The lowest BCUT2D eigenvalue weighted by Gasteiger charge is -2.23. The summed E-state index contributed by atoms with van der Waals surface area (Å²) in [6.07, 6.45) is 2.76. The number of carbonyl (C=O) groups excluding carboxylic acids is 2. The highest BCUT2D eigenvalue weighted by atomic mass is 16.5. The van der Waals surface area contributed by atoms with Crippen molar-refractivity contribution in [3.8, 4) is 11.8 Å². The smallest absolute Gasteiger partial charge is 0.305 e. The van der Waals surface area contributed by atoms with Crippen molar-refractivity contribution in [2.45, 2.75) is 31.9 Å². The average molecular weight is 418 g/mol. The number of nitrogens with zero attached hydrogens (tertiary/aromatic N) is 1. The number of aromatic amines is 1. The molecule has 0 bridgehead atoms. The first kappa shape index (κ1) is 22.1. The van der Waals surface area contributed by atoms with E-state index in [4.69, 9.17) is 0 Å². The second kappa shape index (κ2) is 10.5. The Hall–Kier alpha value is -3.56. The third-order valence-electron chi connectivity index (χ3n) is 5.10. The predicted octanol–water partition coefficient (Wildman–Crippen LogP) is 3.50. The molecule has 1 heterocycles. The van der Waals surface area contributed by atoms with Crippen LogP contribution in [-0.2, 0) is 16.0 Å². The maximum atomic E-state index is 12.9. The van der Waals surface area contributed by atoms with Crippen LogP contribution in [-0.4, -0.2) is 47.3 Å². The average Bonchev–Trinajstić information content (AvgIpc) is 3.20. The van der Waals surface area contributed by atoms with Gasteiger partial charge in [-0.1, -0.05) is 36.1 Å². The number of aliphatic hydroxyl groups is 1. The number of rotatable bonds is 7. The summed E-state index contributed by atoms with van der Waals surface area (Å²) in [6.45, 7) is 0.